The molecule has 2 aromatic rings. The fraction of sp³-hybridized carbons (Fsp3) is 0.312. The molecule has 0 unspecified atom stereocenters. The number of thiophene rings is 1. The SMILES string of the molecule is O=C(O)C=Cc1ccc(CN(Cc2ccco2)C2CC2)s1. The quantitative estimate of drug-likeness (QED) is 0.794. The predicted molar refractivity (Wildman–Crippen MR) is 82.0 cm³/mol. The molecule has 0 spiro atoms. The average molecular weight is 303 g/mol. The molecule has 5 heteroatoms. The molecule has 4 nitrogen and oxygen atoms in total. The van der Waals surface area contributed by atoms with Crippen LogP contribution in [0.1, 0.15) is 28.4 Å². The first-order valence-electron chi connectivity index (χ1n) is 6.97. The van der Waals surface area contributed by atoms with Gasteiger partial charge in [-0.2, -0.15) is 0 Å². The van der Waals surface area contributed by atoms with E-state index in [-0.39, 0.29) is 0 Å². The summed E-state index contributed by atoms with van der Waals surface area (Å²) in [4.78, 5) is 15.2. The van der Waals surface area contributed by atoms with Gasteiger partial charge in [0.05, 0.1) is 12.8 Å². The molecule has 0 bridgehead atoms. The first-order valence-corrected chi connectivity index (χ1v) is 7.78. The van der Waals surface area contributed by atoms with Gasteiger partial charge in [-0.25, -0.2) is 4.79 Å². The number of carboxylic acids is 1. The van der Waals surface area contributed by atoms with Gasteiger partial charge >= 0.3 is 5.97 Å². The largest absolute Gasteiger partial charge is 0.478 e. The molecule has 0 aliphatic heterocycles. The molecule has 1 aliphatic carbocycles. The fourth-order valence-corrected chi connectivity index (χ4v) is 3.22. The van der Waals surface area contributed by atoms with Crippen molar-refractivity contribution < 1.29 is 14.3 Å². The van der Waals surface area contributed by atoms with Crippen molar-refractivity contribution in [1.29, 1.82) is 0 Å². The summed E-state index contributed by atoms with van der Waals surface area (Å²) in [6.07, 6.45) is 7.03. The molecule has 3 rings (SSSR count). The van der Waals surface area contributed by atoms with Gasteiger partial charge < -0.3 is 9.52 Å². The number of nitrogens with zero attached hydrogens (tertiary/aromatic N) is 1. The molecule has 1 aliphatic rings. The lowest BCUT2D eigenvalue weighted by atomic mass is 10.3. The molecule has 1 fully saturated rings. The topological polar surface area (TPSA) is 53.7 Å². The van der Waals surface area contributed by atoms with Crippen LogP contribution >= 0.6 is 11.3 Å². The van der Waals surface area contributed by atoms with Crippen molar-refractivity contribution in [3.8, 4) is 0 Å². The van der Waals surface area contributed by atoms with E-state index in [2.05, 4.69) is 11.0 Å². The van der Waals surface area contributed by atoms with Gasteiger partial charge in [0, 0.05) is 28.4 Å². The molecule has 2 heterocycles. The second-order valence-electron chi connectivity index (χ2n) is 5.19. The van der Waals surface area contributed by atoms with Crippen molar-refractivity contribution in [2.45, 2.75) is 32.0 Å². The minimum Gasteiger partial charge on any atom is -0.478 e. The number of carbonyl (C=O) groups is 1. The molecule has 0 aromatic carbocycles. The van der Waals surface area contributed by atoms with E-state index in [4.69, 9.17) is 9.52 Å². The van der Waals surface area contributed by atoms with E-state index in [0.717, 1.165) is 23.7 Å². The van der Waals surface area contributed by atoms with Crippen molar-refractivity contribution in [2.75, 3.05) is 0 Å². The molecular weight excluding hydrogens is 286 g/mol. The van der Waals surface area contributed by atoms with E-state index < -0.39 is 5.97 Å². The molecule has 0 amide bonds. The third kappa shape index (κ3) is 4.06. The van der Waals surface area contributed by atoms with E-state index >= 15 is 0 Å². The Morgan fingerprint density at radius 1 is 1.38 bits per heavy atom. The number of carboxylic acid groups (broad SMARTS) is 1. The molecule has 110 valence electrons. The molecule has 0 atom stereocenters. The zero-order valence-corrected chi connectivity index (χ0v) is 12.4. The molecule has 21 heavy (non-hydrogen) atoms. The van der Waals surface area contributed by atoms with E-state index in [1.54, 1.807) is 23.7 Å². The zero-order valence-electron chi connectivity index (χ0n) is 11.6. The Hall–Kier alpha value is -1.85. The number of furan rings is 1. The van der Waals surface area contributed by atoms with Crippen LogP contribution in [0, 0.1) is 0 Å². The van der Waals surface area contributed by atoms with Gasteiger partial charge in [-0.05, 0) is 43.2 Å². The highest BCUT2D eigenvalue weighted by atomic mass is 32.1. The molecular formula is C16H17NO3S. The highest BCUT2D eigenvalue weighted by molar-refractivity contribution is 7.12. The van der Waals surface area contributed by atoms with Crippen molar-refractivity contribution >= 4 is 23.4 Å². The first kappa shape index (κ1) is 14.1. The lowest BCUT2D eigenvalue weighted by Crippen LogP contribution is -2.24. The normalized spacial score (nSPS) is 15.1. The minimum atomic E-state index is -0.914. The summed E-state index contributed by atoms with van der Waals surface area (Å²) in [6, 6.07) is 8.61. The Kier molecular flexibility index (Phi) is 4.22. The lowest BCUT2D eigenvalue weighted by Gasteiger charge is -2.19. The maximum absolute atomic E-state index is 10.5. The second-order valence-corrected chi connectivity index (χ2v) is 6.39. The summed E-state index contributed by atoms with van der Waals surface area (Å²) in [5.41, 5.74) is 0. The number of rotatable bonds is 7. The monoisotopic (exact) mass is 303 g/mol. The average Bonchev–Trinajstić information content (AvgIpc) is 2.99. The summed E-state index contributed by atoms with van der Waals surface area (Å²) < 4.78 is 5.44. The maximum Gasteiger partial charge on any atom is 0.328 e. The summed E-state index contributed by atoms with van der Waals surface area (Å²) >= 11 is 1.64. The smallest absolute Gasteiger partial charge is 0.328 e. The molecule has 0 saturated heterocycles. The predicted octanol–water partition coefficient (Wildman–Crippen LogP) is 3.60. The van der Waals surface area contributed by atoms with Crippen LogP contribution in [-0.4, -0.2) is 22.0 Å². The van der Waals surface area contributed by atoms with Crippen LogP contribution in [-0.2, 0) is 17.9 Å². The van der Waals surface area contributed by atoms with E-state index in [1.165, 1.54) is 23.8 Å². The fourth-order valence-electron chi connectivity index (χ4n) is 2.28. The van der Waals surface area contributed by atoms with Crippen LogP contribution < -0.4 is 0 Å². The standard InChI is InChI=1S/C16H17NO3S/c18-16(19)8-7-14-5-6-15(21-14)11-17(12-3-4-12)10-13-2-1-9-20-13/h1-2,5-9,12H,3-4,10-11H2,(H,18,19). The van der Waals surface area contributed by atoms with Crippen molar-refractivity contribution in [2.24, 2.45) is 0 Å². The molecule has 0 radical (unpaired) electrons. The molecule has 1 saturated carbocycles. The summed E-state index contributed by atoms with van der Waals surface area (Å²) in [6.45, 7) is 1.72. The third-order valence-corrected chi connectivity index (χ3v) is 4.47. The van der Waals surface area contributed by atoms with Gasteiger partial charge in [0.25, 0.3) is 0 Å². The number of hydrogen-bond donors (Lipinski definition) is 1. The van der Waals surface area contributed by atoms with Gasteiger partial charge in [-0.1, -0.05) is 0 Å². The summed E-state index contributed by atoms with van der Waals surface area (Å²) in [7, 11) is 0. The minimum absolute atomic E-state index is 0.648. The van der Waals surface area contributed by atoms with Gasteiger partial charge in [0.2, 0.25) is 0 Å². The van der Waals surface area contributed by atoms with Crippen molar-refractivity contribution in [3.05, 3.63) is 52.1 Å². The zero-order chi connectivity index (χ0) is 14.7. The number of hydrogen-bond acceptors (Lipinski definition) is 4. The lowest BCUT2D eigenvalue weighted by molar-refractivity contribution is -0.131. The van der Waals surface area contributed by atoms with Crippen LogP contribution in [0.25, 0.3) is 6.08 Å². The van der Waals surface area contributed by atoms with Crippen LogP contribution in [0.4, 0.5) is 0 Å². The summed E-state index contributed by atoms with van der Waals surface area (Å²) in [5, 5.41) is 8.65. The van der Waals surface area contributed by atoms with Crippen LogP contribution in [0.2, 0.25) is 0 Å². The second kappa shape index (κ2) is 6.28. The van der Waals surface area contributed by atoms with Crippen molar-refractivity contribution in [3.63, 3.8) is 0 Å². The summed E-state index contributed by atoms with van der Waals surface area (Å²) in [5.74, 6) is 0.0758. The van der Waals surface area contributed by atoms with E-state index in [9.17, 15) is 4.79 Å². The van der Waals surface area contributed by atoms with Gasteiger partial charge in [-0.15, -0.1) is 11.3 Å². The molecule has 2 aromatic heterocycles. The van der Waals surface area contributed by atoms with Crippen LogP contribution in [0.15, 0.2) is 41.0 Å². The van der Waals surface area contributed by atoms with E-state index in [1.807, 2.05) is 18.2 Å². The molecule has 1 N–H and O–H groups in total. The van der Waals surface area contributed by atoms with Crippen LogP contribution in [0.3, 0.4) is 0 Å². The first-order chi connectivity index (χ1) is 10.2. The Labute approximate surface area is 127 Å². The third-order valence-electron chi connectivity index (χ3n) is 3.43. The highest BCUT2D eigenvalue weighted by Crippen LogP contribution is 2.31. The Morgan fingerprint density at radius 3 is 2.90 bits per heavy atom. The van der Waals surface area contributed by atoms with Crippen LogP contribution in [0.5, 0.6) is 0 Å². The van der Waals surface area contributed by atoms with E-state index in [0.29, 0.717) is 6.04 Å². The Balaban J connectivity index is 1.64. The number of aliphatic carboxylic acids is 1. The van der Waals surface area contributed by atoms with Crippen molar-refractivity contribution in [1.82, 2.24) is 4.90 Å². The van der Waals surface area contributed by atoms with Gasteiger partial charge in [0.15, 0.2) is 0 Å². The van der Waals surface area contributed by atoms with Gasteiger partial charge in [-0.3, -0.25) is 4.90 Å². The Morgan fingerprint density at radius 2 is 2.24 bits per heavy atom. The Bertz CT molecular complexity index is 626. The van der Waals surface area contributed by atoms with Gasteiger partial charge in [0.1, 0.15) is 5.76 Å². The maximum atomic E-state index is 10.5. The highest BCUT2D eigenvalue weighted by Gasteiger charge is 2.29.